The number of carbonyl (C=O) groups is 1. The maximum atomic E-state index is 12.1. The van der Waals surface area contributed by atoms with Crippen molar-refractivity contribution in [1.29, 1.82) is 5.26 Å². The standard InChI is InChI=1S/C14H16N2OS2/c15-6-11-10-3-1-2-4-12(10)19-14(11)16-7-9(8-18)5-13(16)17/h9,18H,1-5,7-8H2. The molecule has 1 aliphatic heterocycles. The van der Waals surface area contributed by atoms with E-state index >= 15 is 0 Å². The van der Waals surface area contributed by atoms with E-state index in [1.807, 2.05) is 4.90 Å². The molecule has 19 heavy (non-hydrogen) atoms. The highest BCUT2D eigenvalue weighted by molar-refractivity contribution is 7.80. The number of anilines is 1. The predicted octanol–water partition coefficient (Wildman–Crippen LogP) is 2.78. The van der Waals surface area contributed by atoms with Crippen LogP contribution in [-0.4, -0.2) is 18.2 Å². The fraction of sp³-hybridized carbons (Fsp3) is 0.571. The fourth-order valence-corrected chi connectivity index (χ4v) is 4.57. The molecule has 1 fully saturated rings. The van der Waals surface area contributed by atoms with Crippen LogP contribution in [0.5, 0.6) is 0 Å². The van der Waals surface area contributed by atoms with Crippen LogP contribution in [0.3, 0.4) is 0 Å². The molecule has 1 aliphatic carbocycles. The van der Waals surface area contributed by atoms with Crippen molar-refractivity contribution in [2.45, 2.75) is 32.1 Å². The quantitative estimate of drug-likeness (QED) is 0.852. The summed E-state index contributed by atoms with van der Waals surface area (Å²) in [5, 5.41) is 10.3. The van der Waals surface area contributed by atoms with Crippen LogP contribution in [0, 0.1) is 17.2 Å². The second-order valence-corrected chi connectivity index (χ2v) is 6.71. The van der Waals surface area contributed by atoms with E-state index in [0.717, 1.165) is 42.1 Å². The van der Waals surface area contributed by atoms with Crippen molar-refractivity contribution in [3.05, 3.63) is 16.0 Å². The molecule has 1 aromatic rings. The molecule has 0 spiro atoms. The number of rotatable bonds is 2. The Bertz CT molecular complexity index is 559. The van der Waals surface area contributed by atoms with Gasteiger partial charge in [-0.05, 0) is 42.9 Å². The van der Waals surface area contributed by atoms with Crippen LogP contribution in [0.15, 0.2) is 0 Å². The van der Waals surface area contributed by atoms with Crippen molar-refractivity contribution in [2.24, 2.45) is 5.92 Å². The number of fused-ring (bicyclic) bond motifs is 1. The summed E-state index contributed by atoms with van der Waals surface area (Å²) in [6.07, 6.45) is 4.98. The molecule has 1 saturated heterocycles. The Hall–Kier alpha value is -0.990. The summed E-state index contributed by atoms with van der Waals surface area (Å²) >= 11 is 5.95. The highest BCUT2D eigenvalue weighted by Crippen LogP contribution is 2.41. The lowest BCUT2D eigenvalue weighted by Gasteiger charge is -2.14. The van der Waals surface area contributed by atoms with Gasteiger partial charge in [-0.1, -0.05) is 0 Å². The van der Waals surface area contributed by atoms with Crippen LogP contribution in [0.2, 0.25) is 0 Å². The molecule has 0 N–H and O–H groups in total. The Morgan fingerprint density at radius 3 is 2.89 bits per heavy atom. The molecule has 1 amide bonds. The van der Waals surface area contributed by atoms with Gasteiger partial charge in [0, 0.05) is 17.8 Å². The smallest absolute Gasteiger partial charge is 0.228 e. The first-order chi connectivity index (χ1) is 9.24. The van der Waals surface area contributed by atoms with Gasteiger partial charge >= 0.3 is 0 Å². The number of aryl methyl sites for hydroxylation is 1. The summed E-state index contributed by atoms with van der Waals surface area (Å²) in [5.41, 5.74) is 1.96. The zero-order chi connectivity index (χ0) is 13.4. The van der Waals surface area contributed by atoms with Gasteiger partial charge in [0.25, 0.3) is 0 Å². The summed E-state index contributed by atoms with van der Waals surface area (Å²) < 4.78 is 0. The number of carbonyl (C=O) groups excluding carboxylic acids is 1. The number of nitrogens with zero attached hydrogens (tertiary/aromatic N) is 2. The van der Waals surface area contributed by atoms with Gasteiger partial charge < -0.3 is 4.90 Å². The van der Waals surface area contributed by atoms with E-state index in [1.54, 1.807) is 11.3 Å². The average molecular weight is 292 g/mol. The van der Waals surface area contributed by atoms with E-state index in [9.17, 15) is 10.1 Å². The zero-order valence-electron chi connectivity index (χ0n) is 10.7. The molecule has 2 heterocycles. The lowest BCUT2D eigenvalue weighted by atomic mass is 9.96. The third-order valence-electron chi connectivity index (χ3n) is 3.97. The highest BCUT2D eigenvalue weighted by atomic mass is 32.1. The Labute approximate surface area is 122 Å². The molecule has 1 atom stereocenters. The minimum absolute atomic E-state index is 0.147. The van der Waals surface area contributed by atoms with Crippen LogP contribution < -0.4 is 4.90 Å². The second kappa shape index (κ2) is 5.18. The van der Waals surface area contributed by atoms with Crippen molar-refractivity contribution < 1.29 is 4.79 Å². The van der Waals surface area contributed by atoms with Gasteiger partial charge in [-0.25, -0.2) is 0 Å². The Morgan fingerprint density at radius 2 is 2.21 bits per heavy atom. The molecular weight excluding hydrogens is 276 g/mol. The number of hydrogen-bond donors (Lipinski definition) is 1. The molecule has 5 heteroatoms. The number of thiophene rings is 1. The monoisotopic (exact) mass is 292 g/mol. The van der Waals surface area contributed by atoms with E-state index in [1.165, 1.54) is 16.9 Å². The van der Waals surface area contributed by atoms with E-state index in [2.05, 4.69) is 18.7 Å². The van der Waals surface area contributed by atoms with Crippen molar-refractivity contribution in [3.8, 4) is 6.07 Å². The molecule has 0 saturated carbocycles. The van der Waals surface area contributed by atoms with Gasteiger partial charge in [0.15, 0.2) is 0 Å². The lowest BCUT2D eigenvalue weighted by Crippen LogP contribution is -2.24. The van der Waals surface area contributed by atoms with Gasteiger partial charge in [-0.2, -0.15) is 17.9 Å². The van der Waals surface area contributed by atoms with E-state index < -0.39 is 0 Å². The molecule has 0 radical (unpaired) electrons. The van der Waals surface area contributed by atoms with Crippen LogP contribution in [-0.2, 0) is 17.6 Å². The highest BCUT2D eigenvalue weighted by Gasteiger charge is 2.34. The van der Waals surface area contributed by atoms with Crippen molar-refractivity contribution >= 4 is 34.9 Å². The van der Waals surface area contributed by atoms with Crippen molar-refractivity contribution in [3.63, 3.8) is 0 Å². The number of hydrogen-bond acceptors (Lipinski definition) is 4. The fourth-order valence-electron chi connectivity index (χ4n) is 2.96. The van der Waals surface area contributed by atoms with Crippen LogP contribution >= 0.6 is 24.0 Å². The third kappa shape index (κ3) is 2.17. The van der Waals surface area contributed by atoms with E-state index in [4.69, 9.17) is 0 Å². The van der Waals surface area contributed by atoms with Crippen LogP contribution in [0.25, 0.3) is 0 Å². The summed E-state index contributed by atoms with van der Waals surface area (Å²) in [4.78, 5) is 15.3. The van der Waals surface area contributed by atoms with Gasteiger partial charge in [0.2, 0.25) is 5.91 Å². The molecule has 100 valence electrons. The molecular formula is C14H16N2OS2. The summed E-state index contributed by atoms with van der Waals surface area (Å²) in [5.74, 6) is 1.20. The average Bonchev–Trinajstić information content (AvgIpc) is 2.98. The zero-order valence-corrected chi connectivity index (χ0v) is 12.4. The topological polar surface area (TPSA) is 44.1 Å². The lowest BCUT2D eigenvalue weighted by molar-refractivity contribution is -0.117. The normalized spacial score (nSPS) is 22.4. The first-order valence-corrected chi connectivity index (χ1v) is 8.15. The Balaban J connectivity index is 1.99. The maximum Gasteiger partial charge on any atom is 0.228 e. The Morgan fingerprint density at radius 1 is 1.42 bits per heavy atom. The van der Waals surface area contributed by atoms with Gasteiger partial charge in [-0.3, -0.25) is 4.79 Å². The molecule has 1 aromatic heterocycles. The Kier molecular flexibility index (Phi) is 3.55. The maximum absolute atomic E-state index is 12.1. The number of nitriles is 1. The van der Waals surface area contributed by atoms with Crippen molar-refractivity contribution in [2.75, 3.05) is 17.2 Å². The van der Waals surface area contributed by atoms with E-state index in [0.29, 0.717) is 12.3 Å². The van der Waals surface area contributed by atoms with Gasteiger partial charge in [0.05, 0.1) is 5.56 Å². The summed E-state index contributed by atoms with van der Waals surface area (Å²) in [7, 11) is 0. The van der Waals surface area contributed by atoms with Crippen LogP contribution in [0.4, 0.5) is 5.00 Å². The molecule has 1 unspecified atom stereocenters. The van der Waals surface area contributed by atoms with Gasteiger partial charge in [-0.15, -0.1) is 11.3 Å². The summed E-state index contributed by atoms with van der Waals surface area (Å²) in [6.45, 7) is 0.719. The van der Waals surface area contributed by atoms with Crippen molar-refractivity contribution in [1.82, 2.24) is 0 Å². The molecule has 2 aliphatic rings. The SMILES string of the molecule is N#Cc1c(N2CC(CS)CC2=O)sc2c1CCCC2. The second-order valence-electron chi connectivity index (χ2n) is 5.26. The number of amides is 1. The molecule has 3 nitrogen and oxygen atoms in total. The van der Waals surface area contributed by atoms with Crippen LogP contribution in [0.1, 0.15) is 35.3 Å². The third-order valence-corrected chi connectivity index (χ3v) is 5.80. The minimum Gasteiger partial charge on any atom is -0.302 e. The minimum atomic E-state index is 0.147. The van der Waals surface area contributed by atoms with E-state index in [-0.39, 0.29) is 5.91 Å². The largest absolute Gasteiger partial charge is 0.302 e. The first kappa shape index (κ1) is 13.0. The molecule has 0 aromatic carbocycles. The molecule has 3 rings (SSSR count). The summed E-state index contributed by atoms with van der Waals surface area (Å²) in [6, 6.07) is 2.33. The predicted molar refractivity (Wildman–Crippen MR) is 80.0 cm³/mol. The first-order valence-electron chi connectivity index (χ1n) is 6.70. The number of thiol groups is 1. The van der Waals surface area contributed by atoms with Gasteiger partial charge in [0.1, 0.15) is 11.1 Å². The molecule has 0 bridgehead atoms.